The van der Waals surface area contributed by atoms with E-state index >= 15 is 0 Å². The van der Waals surface area contributed by atoms with Crippen molar-refractivity contribution in [3.05, 3.63) is 117 Å². The zero-order chi connectivity index (χ0) is 24.4. The molecule has 1 amide bonds. The van der Waals surface area contributed by atoms with Crippen molar-refractivity contribution in [1.82, 2.24) is 4.90 Å². The highest BCUT2D eigenvalue weighted by molar-refractivity contribution is 8.18. The fourth-order valence-electron chi connectivity index (χ4n) is 3.80. The Hall–Kier alpha value is -3.25. The summed E-state index contributed by atoms with van der Waals surface area (Å²) in [7, 11) is 0. The van der Waals surface area contributed by atoms with Crippen molar-refractivity contribution in [2.24, 2.45) is 4.99 Å². The molecule has 1 aliphatic rings. The summed E-state index contributed by atoms with van der Waals surface area (Å²) in [4.78, 5) is 20.6. The van der Waals surface area contributed by atoms with Crippen molar-refractivity contribution in [3.8, 4) is 11.3 Å². The molecular weight excluding hydrogens is 499 g/mol. The summed E-state index contributed by atoms with van der Waals surface area (Å²) in [5, 5.41) is 1.50. The number of thioether (sulfide) groups is 1. The van der Waals surface area contributed by atoms with E-state index < -0.39 is 0 Å². The van der Waals surface area contributed by atoms with Crippen LogP contribution in [0.1, 0.15) is 24.3 Å². The number of benzene rings is 3. The van der Waals surface area contributed by atoms with E-state index in [1.54, 1.807) is 17.0 Å². The number of aliphatic imine (C=N–C) groups is 1. The second-order valence-electron chi connectivity index (χ2n) is 7.91. The first-order chi connectivity index (χ1) is 17.0. The van der Waals surface area contributed by atoms with E-state index in [0.717, 1.165) is 11.3 Å². The molecule has 1 atom stereocenters. The highest BCUT2D eigenvalue weighted by Gasteiger charge is 2.37. The van der Waals surface area contributed by atoms with Crippen LogP contribution in [0.5, 0.6) is 0 Å². The van der Waals surface area contributed by atoms with Gasteiger partial charge in [0.05, 0.1) is 26.7 Å². The summed E-state index contributed by atoms with van der Waals surface area (Å²) in [6.45, 7) is 2.00. The normalized spacial score (nSPS) is 16.9. The van der Waals surface area contributed by atoms with Gasteiger partial charge in [-0.3, -0.25) is 9.69 Å². The number of hydrogen-bond donors (Lipinski definition) is 0. The van der Waals surface area contributed by atoms with Gasteiger partial charge < -0.3 is 4.42 Å². The van der Waals surface area contributed by atoms with E-state index in [9.17, 15) is 4.79 Å². The largest absolute Gasteiger partial charge is 0.457 e. The van der Waals surface area contributed by atoms with Crippen molar-refractivity contribution in [2.75, 3.05) is 0 Å². The summed E-state index contributed by atoms with van der Waals surface area (Å²) >= 11 is 13.8. The van der Waals surface area contributed by atoms with Gasteiger partial charge in [0.2, 0.25) is 0 Å². The summed E-state index contributed by atoms with van der Waals surface area (Å²) in [5.41, 5.74) is 2.50. The van der Waals surface area contributed by atoms with Crippen LogP contribution in [-0.2, 0) is 4.79 Å². The summed E-state index contributed by atoms with van der Waals surface area (Å²) < 4.78 is 6.01. The Morgan fingerprint density at radius 2 is 1.63 bits per heavy atom. The molecule has 0 bridgehead atoms. The molecule has 4 nitrogen and oxygen atoms in total. The molecule has 1 saturated heterocycles. The number of hydrogen-bond acceptors (Lipinski definition) is 4. The molecule has 7 heteroatoms. The Kier molecular flexibility index (Phi) is 6.82. The number of carbonyl (C=O) groups is 1. The number of carbonyl (C=O) groups excluding carboxylic acids is 1. The minimum Gasteiger partial charge on any atom is -0.457 e. The predicted molar refractivity (Wildman–Crippen MR) is 145 cm³/mol. The molecule has 0 saturated carbocycles. The van der Waals surface area contributed by atoms with E-state index in [1.165, 1.54) is 11.8 Å². The zero-order valence-corrected chi connectivity index (χ0v) is 21.0. The van der Waals surface area contributed by atoms with Crippen LogP contribution in [0.3, 0.4) is 0 Å². The molecule has 0 N–H and O–H groups in total. The lowest BCUT2D eigenvalue weighted by Gasteiger charge is -2.24. The maximum absolute atomic E-state index is 13.6. The van der Waals surface area contributed by atoms with Crippen LogP contribution in [0.2, 0.25) is 10.0 Å². The second kappa shape index (κ2) is 10.2. The third kappa shape index (κ3) is 4.94. The lowest BCUT2D eigenvalue weighted by molar-refractivity contribution is -0.123. The summed E-state index contributed by atoms with van der Waals surface area (Å²) in [6.07, 6.45) is 1.74. The minimum atomic E-state index is -0.193. The van der Waals surface area contributed by atoms with E-state index in [4.69, 9.17) is 32.6 Å². The SMILES string of the molecule is C[C@H](c1ccccc1)N1C(=O)/C(=C\c2ccc(-c3cccc(Cl)c3Cl)o2)SC1=Nc1ccccc1. The Morgan fingerprint density at radius 1 is 0.914 bits per heavy atom. The summed E-state index contributed by atoms with van der Waals surface area (Å²) in [5.74, 6) is 0.993. The molecule has 1 aliphatic heterocycles. The maximum atomic E-state index is 13.6. The molecule has 0 aliphatic carbocycles. The van der Waals surface area contributed by atoms with Crippen molar-refractivity contribution in [1.29, 1.82) is 0 Å². The van der Waals surface area contributed by atoms with Crippen LogP contribution in [0.25, 0.3) is 17.4 Å². The van der Waals surface area contributed by atoms with Crippen LogP contribution < -0.4 is 0 Å². The van der Waals surface area contributed by atoms with Crippen molar-refractivity contribution in [3.63, 3.8) is 0 Å². The quantitative estimate of drug-likeness (QED) is 0.248. The zero-order valence-electron chi connectivity index (χ0n) is 18.7. The van der Waals surface area contributed by atoms with Gasteiger partial charge in [0, 0.05) is 11.6 Å². The molecule has 0 unspecified atom stereocenters. The molecule has 5 rings (SSSR count). The van der Waals surface area contributed by atoms with Gasteiger partial charge in [0.15, 0.2) is 5.17 Å². The first-order valence-corrected chi connectivity index (χ1v) is 12.5. The smallest absolute Gasteiger partial charge is 0.267 e. The topological polar surface area (TPSA) is 45.8 Å². The number of amides is 1. The predicted octanol–water partition coefficient (Wildman–Crippen LogP) is 8.62. The van der Waals surface area contributed by atoms with Crippen molar-refractivity contribution < 1.29 is 9.21 Å². The fraction of sp³-hybridized carbons (Fsp3) is 0.0714. The van der Waals surface area contributed by atoms with Crippen LogP contribution in [0, 0.1) is 0 Å². The van der Waals surface area contributed by atoms with Crippen LogP contribution in [0.4, 0.5) is 5.69 Å². The average molecular weight is 519 g/mol. The van der Waals surface area contributed by atoms with Crippen LogP contribution in [0.15, 0.2) is 105 Å². The molecule has 3 aromatic carbocycles. The van der Waals surface area contributed by atoms with Gasteiger partial charge in [0.25, 0.3) is 5.91 Å². The first kappa shape index (κ1) is 23.5. The average Bonchev–Trinajstić information content (AvgIpc) is 3.46. The second-order valence-corrected chi connectivity index (χ2v) is 9.70. The number of para-hydroxylation sites is 1. The molecule has 174 valence electrons. The standard InChI is InChI=1S/C28H20Cl2N2O2S/c1-18(19-9-4-2-5-10-19)32-27(33)25(35-28(32)31-20-11-6-3-7-12-20)17-21-15-16-24(34-21)22-13-8-14-23(29)26(22)30/h2-18H,1H3/b25-17+,31-28?/t18-/m1/s1. The van der Waals surface area contributed by atoms with Gasteiger partial charge in [-0.15, -0.1) is 0 Å². The van der Waals surface area contributed by atoms with Crippen molar-refractivity contribution >= 4 is 57.8 Å². The number of nitrogens with zero attached hydrogens (tertiary/aromatic N) is 2. The molecule has 0 radical (unpaired) electrons. The maximum Gasteiger partial charge on any atom is 0.267 e. The van der Waals surface area contributed by atoms with Gasteiger partial charge in [-0.25, -0.2) is 4.99 Å². The Bertz CT molecular complexity index is 1430. The van der Waals surface area contributed by atoms with Crippen LogP contribution >= 0.6 is 35.0 Å². The first-order valence-electron chi connectivity index (χ1n) is 11.0. The van der Waals surface area contributed by atoms with Gasteiger partial charge in [-0.1, -0.05) is 77.8 Å². The number of amidine groups is 1. The van der Waals surface area contributed by atoms with Crippen LogP contribution in [-0.4, -0.2) is 16.0 Å². The van der Waals surface area contributed by atoms with Crippen molar-refractivity contribution in [2.45, 2.75) is 13.0 Å². The lowest BCUT2D eigenvalue weighted by atomic mass is 10.1. The van der Waals surface area contributed by atoms with E-state index in [1.807, 2.05) is 91.9 Å². The van der Waals surface area contributed by atoms with E-state index in [-0.39, 0.29) is 11.9 Å². The monoisotopic (exact) mass is 518 g/mol. The third-order valence-corrected chi connectivity index (χ3v) is 7.41. The van der Waals surface area contributed by atoms with Gasteiger partial charge >= 0.3 is 0 Å². The van der Waals surface area contributed by atoms with Gasteiger partial charge in [0.1, 0.15) is 11.5 Å². The molecular formula is C28H20Cl2N2O2S. The molecule has 1 fully saturated rings. The molecule has 35 heavy (non-hydrogen) atoms. The highest BCUT2D eigenvalue weighted by Crippen LogP contribution is 2.40. The number of halogens is 2. The lowest BCUT2D eigenvalue weighted by Crippen LogP contribution is -2.32. The van der Waals surface area contributed by atoms with Gasteiger partial charge in [-0.2, -0.15) is 0 Å². The summed E-state index contributed by atoms with van der Waals surface area (Å²) in [6, 6.07) is 28.4. The fourth-order valence-corrected chi connectivity index (χ4v) is 5.24. The Balaban J connectivity index is 1.51. The molecule has 2 heterocycles. The van der Waals surface area contributed by atoms with Gasteiger partial charge in [-0.05, 0) is 60.6 Å². The third-order valence-electron chi connectivity index (χ3n) is 5.60. The molecule has 1 aromatic heterocycles. The number of furan rings is 1. The Morgan fingerprint density at radius 3 is 2.37 bits per heavy atom. The minimum absolute atomic E-state index is 0.125. The molecule has 0 spiro atoms. The Labute approximate surface area is 217 Å². The highest BCUT2D eigenvalue weighted by atomic mass is 35.5. The number of rotatable bonds is 5. The van der Waals surface area contributed by atoms with E-state index in [0.29, 0.717) is 37.2 Å². The van der Waals surface area contributed by atoms with E-state index in [2.05, 4.69) is 0 Å². The molecule has 4 aromatic rings.